The molecule has 1 fully saturated rings. The normalized spacial score (nSPS) is 20.5. The molecule has 3 rings (SSSR count). The molecule has 6 heteroatoms. The van der Waals surface area contributed by atoms with Gasteiger partial charge in [0.25, 0.3) is 0 Å². The molecule has 1 saturated heterocycles. The third-order valence-corrected chi connectivity index (χ3v) is 5.01. The molecule has 0 radical (unpaired) electrons. The molecule has 1 N–H and O–H groups in total. The molecule has 144 valence electrons. The van der Waals surface area contributed by atoms with E-state index < -0.39 is 5.60 Å². The molecule has 0 bridgehead atoms. The molecule has 0 spiro atoms. The fourth-order valence-corrected chi connectivity index (χ4v) is 3.87. The minimum atomic E-state index is -0.503. The van der Waals surface area contributed by atoms with Gasteiger partial charge in [-0.15, -0.1) is 0 Å². The second-order valence-electron chi connectivity index (χ2n) is 8.25. The number of hydrogen-bond donors (Lipinski definition) is 1. The van der Waals surface area contributed by atoms with Gasteiger partial charge >= 0.3 is 6.09 Å². The van der Waals surface area contributed by atoms with Gasteiger partial charge in [0.15, 0.2) is 0 Å². The van der Waals surface area contributed by atoms with E-state index in [-0.39, 0.29) is 23.9 Å². The molecule has 1 amide bonds. The standard InChI is InChI=1S/C20H29FN2O3/c1-12-10-14-17(15(21)11-16(22-5)18(14)25-12)13-6-8-23(9-7-13)19(24)26-20(2,3)4/h11-13,22H,6-10H2,1-5H3/t12-/m1/s1. The molecule has 2 aliphatic rings. The van der Waals surface area contributed by atoms with Gasteiger partial charge in [-0.1, -0.05) is 0 Å². The van der Waals surface area contributed by atoms with Gasteiger partial charge < -0.3 is 19.7 Å². The summed E-state index contributed by atoms with van der Waals surface area (Å²) in [5.41, 5.74) is 1.96. The quantitative estimate of drug-likeness (QED) is 0.850. The Labute approximate surface area is 154 Å². The van der Waals surface area contributed by atoms with E-state index in [9.17, 15) is 9.18 Å². The summed E-state index contributed by atoms with van der Waals surface area (Å²) < 4.78 is 26.2. The van der Waals surface area contributed by atoms with Crippen LogP contribution in [0.25, 0.3) is 0 Å². The van der Waals surface area contributed by atoms with E-state index in [1.165, 1.54) is 6.07 Å². The fourth-order valence-electron chi connectivity index (χ4n) is 3.87. The van der Waals surface area contributed by atoms with Gasteiger partial charge in [-0.25, -0.2) is 9.18 Å². The Balaban J connectivity index is 1.77. The number of likely N-dealkylation sites (tertiary alicyclic amines) is 1. The number of halogens is 1. The molecular formula is C20H29FN2O3. The molecule has 2 aliphatic heterocycles. The first kappa shape index (κ1) is 18.8. The predicted octanol–water partition coefficient (Wildman–Crippen LogP) is 4.31. The van der Waals surface area contributed by atoms with Gasteiger partial charge in [0.2, 0.25) is 0 Å². The highest BCUT2D eigenvalue weighted by atomic mass is 19.1. The van der Waals surface area contributed by atoms with Gasteiger partial charge in [0, 0.05) is 38.2 Å². The molecular weight excluding hydrogens is 335 g/mol. The van der Waals surface area contributed by atoms with Crippen LogP contribution in [0.1, 0.15) is 57.6 Å². The largest absolute Gasteiger partial charge is 0.488 e. The van der Waals surface area contributed by atoms with Crippen LogP contribution in [0, 0.1) is 5.82 Å². The van der Waals surface area contributed by atoms with Crippen LogP contribution in [0.2, 0.25) is 0 Å². The van der Waals surface area contributed by atoms with Crippen molar-refractivity contribution in [2.24, 2.45) is 0 Å². The second kappa shape index (κ2) is 6.97. The van der Waals surface area contributed by atoms with Crippen LogP contribution in [-0.4, -0.2) is 42.8 Å². The summed E-state index contributed by atoms with van der Waals surface area (Å²) in [5.74, 6) is 0.703. The molecule has 0 unspecified atom stereocenters. The zero-order chi connectivity index (χ0) is 19.1. The van der Waals surface area contributed by atoms with Crippen molar-refractivity contribution in [3.8, 4) is 5.75 Å². The topological polar surface area (TPSA) is 50.8 Å². The number of piperidine rings is 1. The Hall–Kier alpha value is -1.98. The van der Waals surface area contributed by atoms with Crippen LogP contribution >= 0.6 is 0 Å². The lowest BCUT2D eigenvalue weighted by molar-refractivity contribution is 0.0204. The van der Waals surface area contributed by atoms with Gasteiger partial charge in [0.05, 0.1) is 5.69 Å². The number of carbonyl (C=O) groups is 1. The molecule has 1 atom stereocenters. The van der Waals surface area contributed by atoms with Crippen molar-refractivity contribution in [1.29, 1.82) is 0 Å². The number of benzene rings is 1. The molecule has 2 heterocycles. The molecule has 0 aromatic heterocycles. The lowest BCUT2D eigenvalue weighted by Crippen LogP contribution is -2.41. The first-order valence-corrected chi connectivity index (χ1v) is 9.37. The number of hydrogen-bond acceptors (Lipinski definition) is 4. The van der Waals surface area contributed by atoms with Crippen LogP contribution in [0.15, 0.2) is 6.07 Å². The number of ether oxygens (including phenoxy) is 2. The summed E-state index contributed by atoms with van der Waals surface area (Å²) in [4.78, 5) is 14.0. The Morgan fingerprint density at radius 3 is 2.58 bits per heavy atom. The summed E-state index contributed by atoms with van der Waals surface area (Å²) in [6.45, 7) is 8.75. The van der Waals surface area contributed by atoms with Crippen LogP contribution in [0.3, 0.4) is 0 Å². The van der Waals surface area contributed by atoms with Crippen LogP contribution in [-0.2, 0) is 11.2 Å². The van der Waals surface area contributed by atoms with E-state index in [0.717, 1.165) is 36.1 Å². The number of rotatable bonds is 2. The van der Waals surface area contributed by atoms with Gasteiger partial charge in [-0.3, -0.25) is 0 Å². The number of fused-ring (bicyclic) bond motifs is 1. The molecule has 0 aliphatic carbocycles. The van der Waals surface area contributed by atoms with Gasteiger partial charge in [-0.2, -0.15) is 0 Å². The van der Waals surface area contributed by atoms with E-state index in [2.05, 4.69) is 5.32 Å². The van der Waals surface area contributed by atoms with E-state index in [1.54, 1.807) is 11.9 Å². The van der Waals surface area contributed by atoms with Gasteiger partial charge in [0.1, 0.15) is 23.3 Å². The molecule has 0 saturated carbocycles. The highest BCUT2D eigenvalue weighted by Crippen LogP contribution is 2.44. The number of carbonyl (C=O) groups excluding carboxylic acids is 1. The van der Waals surface area contributed by atoms with Crippen molar-refractivity contribution < 1.29 is 18.7 Å². The average molecular weight is 364 g/mol. The van der Waals surface area contributed by atoms with Gasteiger partial charge in [-0.05, 0) is 52.0 Å². The van der Waals surface area contributed by atoms with E-state index >= 15 is 0 Å². The zero-order valence-corrected chi connectivity index (χ0v) is 16.3. The third-order valence-electron chi connectivity index (χ3n) is 5.01. The fraction of sp³-hybridized carbons (Fsp3) is 0.650. The van der Waals surface area contributed by atoms with Crippen molar-refractivity contribution in [2.75, 3.05) is 25.5 Å². The van der Waals surface area contributed by atoms with Crippen molar-refractivity contribution in [3.05, 3.63) is 23.0 Å². The molecule has 1 aromatic rings. The number of amides is 1. The summed E-state index contributed by atoms with van der Waals surface area (Å²) in [5, 5.41) is 3.03. The third kappa shape index (κ3) is 3.74. The summed E-state index contributed by atoms with van der Waals surface area (Å²) >= 11 is 0. The number of nitrogens with zero attached hydrogens (tertiary/aromatic N) is 1. The first-order valence-electron chi connectivity index (χ1n) is 9.37. The average Bonchev–Trinajstić information content (AvgIpc) is 2.94. The maximum atomic E-state index is 14.9. The predicted molar refractivity (Wildman–Crippen MR) is 99.5 cm³/mol. The number of nitrogens with one attached hydrogen (secondary N) is 1. The van der Waals surface area contributed by atoms with Crippen LogP contribution < -0.4 is 10.1 Å². The Morgan fingerprint density at radius 2 is 2.00 bits per heavy atom. The van der Waals surface area contributed by atoms with Crippen molar-refractivity contribution in [3.63, 3.8) is 0 Å². The summed E-state index contributed by atoms with van der Waals surface area (Å²) in [7, 11) is 1.78. The SMILES string of the molecule is CNc1cc(F)c(C2CCN(C(=O)OC(C)(C)C)CC2)c2c1O[C@H](C)C2. The minimum absolute atomic E-state index is 0.0551. The Kier molecular flexibility index (Phi) is 5.04. The first-order chi connectivity index (χ1) is 12.2. The summed E-state index contributed by atoms with van der Waals surface area (Å²) in [6.07, 6.45) is 1.96. The van der Waals surface area contributed by atoms with Crippen molar-refractivity contribution >= 4 is 11.8 Å². The highest BCUT2D eigenvalue weighted by molar-refractivity contribution is 5.68. The Morgan fingerprint density at radius 1 is 1.35 bits per heavy atom. The van der Waals surface area contributed by atoms with Crippen molar-refractivity contribution in [2.45, 2.75) is 64.6 Å². The van der Waals surface area contributed by atoms with E-state index in [0.29, 0.717) is 18.8 Å². The van der Waals surface area contributed by atoms with E-state index in [1.807, 2.05) is 27.7 Å². The lowest BCUT2D eigenvalue weighted by atomic mass is 9.84. The van der Waals surface area contributed by atoms with Crippen LogP contribution in [0.4, 0.5) is 14.9 Å². The molecule has 5 nitrogen and oxygen atoms in total. The van der Waals surface area contributed by atoms with Crippen molar-refractivity contribution in [1.82, 2.24) is 4.90 Å². The molecule has 1 aromatic carbocycles. The maximum absolute atomic E-state index is 14.9. The minimum Gasteiger partial charge on any atom is -0.488 e. The smallest absolute Gasteiger partial charge is 0.410 e. The summed E-state index contributed by atoms with van der Waals surface area (Å²) in [6, 6.07) is 1.53. The monoisotopic (exact) mass is 364 g/mol. The Bertz CT molecular complexity index is 691. The highest BCUT2D eigenvalue weighted by Gasteiger charge is 2.34. The molecule has 26 heavy (non-hydrogen) atoms. The lowest BCUT2D eigenvalue weighted by Gasteiger charge is -2.34. The van der Waals surface area contributed by atoms with Crippen LogP contribution in [0.5, 0.6) is 5.75 Å². The zero-order valence-electron chi connectivity index (χ0n) is 16.3. The van der Waals surface area contributed by atoms with E-state index in [4.69, 9.17) is 9.47 Å². The second-order valence-corrected chi connectivity index (χ2v) is 8.25. The maximum Gasteiger partial charge on any atom is 0.410 e. The number of anilines is 1.